The van der Waals surface area contributed by atoms with E-state index in [4.69, 9.17) is 0 Å². The molecule has 11 aromatic rings. The lowest BCUT2D eigenvalue weighted by Gasteiger charge is -2.48. The molecule has 1 nitrogen and oxygen atoms in total. The fourth-order valence-electron chi connectivity index (χ4n) is 12.4. The average Bonchev–Trinajstić information content (AvgIpc) is 3.96. The molecule has 0 fully saturated rings. The van der Waals surface area contributed by atoms with Crippen LogP contribution in [0.25, 0.3) is 72.0 Å². The van der Waals surface area contributed by atoms with Gasteiger partial charge < -0.3 is 4.57 Å². The van der Waals surface area contributed by atoms with Crippen molar-refractivity contribution in [1.82, 2.24) is 4.57 Å². The number of para-hydroxylation sites is 2. The van der Waals surface area contributed by atoms with Crippen molar-refractivity contribution in [2.24, 2.45) is 0 Å². The van der Waals surface area contributed by atoms with Gasteiger partial charge in [0.25, 0.3) is 0 Å². The zero-order chi connectivity index (χ0) is 41.3. The van der Waals surface area contributed by atoms with Crippen LogP contribution in [-0.2, 0) is 10.8 Å². The highest BCUT2D eigenvalue weighted by Crippen LogP contribution is 2.68. The van der Waals surface area contributed by atoms with Crippen LogP contribution < -0.4 is 0 Å². The third-order valence-electron chi connectivity index (χ3n) is 14.7. The monoisotopic (exact) mass is 797 g/mol. The minimum atomic E-state index is -0.525. The maximum absolute atomic E-state index is 2.43. The Bertz CT molecular complexity index is 3600. The Morgan fingerprint density at radius 2 is 0.698 bits per heavy atom. The van der Waals surface area contributed by atoms with E-state index in [1.807, 2.05) is 0 Å². The second-order valence-corrected chi connectivity index (χ2v) is 17.5. The van der Waals surface area contributed by atoms with Crippen LogP contribution in [0.1, 0.15) is 44.5 Å². The smallest absolute Gasteiger partial charge is 0.0720 e. The van der Waals surface area contributed by atoms with Gasteiger partial charge in [-0.25, -0.2) is 0 Å². The fourth-order valence-corrected chi connectivity index (χ4v) is 12.4. The summed E-state index contributed by atoms with van der Waals surface area (Å²) in [7, 11) is 0. The molecule has 0 radical (unpaired) electrons. The molecule has 0 aliphatic heterocycles. The summed E-state index contributed by atoms with van der Waals surface area (Å²) in [6.45, 7) is 0. The Labute approximate surface area is 366 Å². The molecule has 1 heteroatoms. The molecule has 3 aliphatic rings. The van der Waals surface area contributed by atoms with Gasteiger partial charge in [-0.15, -0.1) is 0 Å². The number of hydrogen-bond donors (Lipinski definition) is 0. The largest absolute Gasteiger partial charge is 0.309 e. The Morgan fingerprint density at radius 3 is 1.37 bits per heavy atom. The van der Waals surface area contributed by atoms with E-state index in [1.165, 1.54) is 117 Å². The van der Waals surface area contributed by atoms with Crippen LogP contribution in [0.2, 0.25) is 0 Å². The van der Waals surface area contributed by atoms with E-state index in [9.17, 15) is 0 Å². The van der Waals surface area contributed by atoms with Crippen LogP contribution in [0.5, 0.6) is 0 Å². The summed E-state index contributed by atoms with van der Waals surface area (Å²) in [6, 6.07) is 89.0. The summed E-state index contributed by atoms with van der Waals surface area (Å²) in [5.41, 5.74) is 23.6. The number of hydrogen-bond acceptors (Lipinski definition) is 0. The first-order valence-electron chi connectivity index (χ1n) is 22.1. The first-order valence-corrected chi connectivity index (χ1v) is 22.1. The number of rotatable bonds is 3. The van der Waals surface area contributed by atoms with Crippen LogP contribution in [0.4, 0.5) is 0 Å². The molecule has 1 aromatic heterocycles. The SMILES string of the molecule is c1ccc(-n2c3ccccc3c3cc(-c4cccc(-c5cccc6c5-c5ccccc5C65c6ccccc6C6(c7ccccc7-c7ccccc76)c6ccccc65)c4)ccc32)cc1. The summed E-state index contributed by atoms with van der Waals surface area (Å²) >= 11 is 0. The van der Waals surface area contributed by atoms with Crippen molar-refractivity contribution in [3.8, 4) is 50.2 Å². The first kappa shape index (κ1) is 34.7. The summed E-state index contributed by atoms with van der Waals surface area (Å²) in [5.74, 6) is 0. The van der Waals surface area contributed by atoms with Crippen LogP contribution in [0.3, 0.4) is 0 Å². The molecule has 0 atom stereocenters. The molecular weight excluding hydrogens is 759 g/mol. The highest BCUT2D eigenvalue weighted by Gasteiger charge is 2.59. The lowest BCUT2D eigenvalue weighted by atomic mass is 9.52. The van der Waals surface area contributed by atoms with E-state index in [1.54, 1.807) is 0 Å². The van der Waals surface area contributed by atoms with Gasteiger partial charge >= 0.3 is 0 Å². The summed E-state index contributed by atoms with van der Waals surface area (Å²) in [5, 5.41) is 2.52. The van der Waals surface area contributed by atoms with E-state index in [0.717, 1.165) is 0 Å². The Kier molecular flexibility index (Phi) is 7.03. The third kappa shape index (κ3) is 4.36. The van der Waals surface area contributed by atoms with E-state index in [0.29, 0.717) is 0 Å². The molecule has 0 saturated heterocycles. The minimum absolute atomic E-state index is 0.455. The van der Waals surface area contributed by atoms with Gasteiger partial charge in [0.2, 0.25) is 0 Å². The zero-order valence-corrected chi connectivity index (χ0v) is 34.5. The molecule has 0 N–H and O–H groups in total. The molecule has 14 rings (SSSR count). The third-order valence-corrected chi connectivity index (χ3v) is 14.7. The van der Waals surface area contributed by atoms with Gasteiger partial charge in [-0.1, -0.05) is 200 Å². The summed E-state index contributed by atoms with van der Waals surface area (Å²) in [4.78, 5) is 0. The number of fused-ring (bicyclic) bond motifs is 19. The van der Waals surface area contributed by atoms with E-state index in [2.05, 4.69) is 241 Å². The normalized spacial score (nSPS) is 14.3. The Balaban J connectivity index is 0.995. The van der Waals surface area contributed by atoms with Crippen LogP contribution in [0.15, 0.2) is 237 Å². The first-order chi connectivity index (χ1) is 31.3. The maximum Gasteiger partial charge on any atom is 0.0720 e. The van der Waals surface area contributed by atoms with Crippen LogP contribution in [-0.4, -0.2) is 4.57 Å². The highest BCUT2D eigenvalue weighted by atomic mass is 15.0. The van der Waals surface area contributed by atoms with Gasteiger partial charge in [0.05, 0.1) is 21.9 Å². The summed E-state index contributed by atoms with van der Waals surface area (Å²) < 4.78 is 2.39. The molecule has 1 heterocycles. The number of nitrogens with zero attached hydrogens (tertiary/aromatic N) is 1. The van der Waals surface area contributed by atoms with Gasteiger partial charge in [0.15, 0.2) is 0 Å². The van der Waals surface area contributed by atoms with E-state index >= 15 is 0 Å². The quantitative estimate of drug-likeness (QED) is 0.168. The minimum Gasteiger partial charge on any atom is -0.309 e. The van der Waals surface area contributed by atoms with Crippen molar-refractivity contribution in [2.75, 3.05) is 0 Å². The topological polar surface area (TPSA) is 4.93 Å². The molecule has 10 aromatic carbocycles. The van der Waals surface area contributed by atoms with Crippen LogP contribution in [0, 0.1) is 0 Å². The lowest BCUT2D eigenvalue weighted by molar-refractivity contribution is 0.633. The zero-order valence-electron chi connectivity index (χ0n) is 34.5. The lowest BCUT2D eigenvalue weighted by Crippen LogP contribution is -2.43. The van der Waals surface area contributed by atoms with Crippen molar-refractivity contribution in [3.05, 3.63) is 281 Å². The molecule has 0 saturated carbocycles. The Hall–Kier alpha value is -8.00. The van der Waals surface area contributed by atoms with Crippen LogP contribution >= 0.6 is 0 Å². The Morgan fingerprint density at radius 1 is 0.254 bits per heavy atom. The van der Waals surface area contributed by atoms with Crippen molar-refractivity contribution < 1.29 is 0 Å². The standard InChI is InChI=1S/C62H39N/c1-2-20-43(21-3-1)63-58-35-15-7-24-47(58)49-39-41(36-37-59(49)63)40-18-16-19-42(38-40)44-26-17-34-57-60(44)48-25-6-10-29-52(48)62(57)55-32-13-11-30-53(55)61(54-31-12-14-33-56(54)62)50-27-8-4-22-45(50)46-23-5-9-28-51(46)61/h1-39H. The maximum atomic E-state index is 2.43. The van der Waals surface area contributed by atoms with Gasteiger partial charge in [-0.2, -0.15) is 0 Å². The fraction of sp³-hybridized carbons (Fsp3) is 0.0323. The van der Waals surface area contributed by atoms with E-state index < -0.39 is 10.8 Å². The predicted molar refractivity (Wildman–Crippen MR) is 260 cm³/mol. The van der Waals surface area contributed by atoms with Gasteiger partial charge in [-0.05, 0) is 125 Å². The van der Waals surface area contributed by atoms with Crippen molar-refractivity contribution in [2.45, 2.75) is 10.8 Å². The number of aromatic nitrogens is 1. The molecule has 0 bridgehead atoms. The molecule has 0 unspecified atom stereocenters. The summed E-state index contributed by atoms with van der Waals surface area (Å²) in [6.07, 6.45) is 0. The molecule has 3 aliphatic carbocycles. The predicted octanol–water partition coefficient (Wildman–Crippen LogP) is 15.2. The van der Waals surface area contributed by atoms with Crippen molar-refractivity contribution >= 4 is 21.8 Å². The second-order valence-electron chi connectivity index (χ2n) is 17.5. The van der Waals surface area contributed by atoms with Gasteiger partial charge in [0, 0.05) is 16.5 Å². The molecule has 2 spiro atoms. The molecule has 0 amide bonds. The number of benzene rings is 10. The van der Waals surface area contributed by atoms with Gasteiger partial charge in [-0.3, -0.25) is 0 Å². The van der Waals surface area contributed by atoms with E-state index in [-0.39, 0.29) is 0 Å². The highest BCUT2D eigenvalue weighted by molar-refractivity contribution is 6.10. The van der Waals surface area contributed by atoms with Gasteiger partial charge in [0.1, 0.15) is 0 Å². The average molecular weight is 798 g/mol. The molecule has 292 valence electrons. The van der Waals surface area contributed by atoms with Crippen molar-refractivity contribution in [1.29, 1.82) is 0 Å². The molecular formula is C62H39N. The van der Waals surface area contributed by atoms with Crippen molar-refractivity contribution in [3.63, 3.8) is 0 Å². The second kappa shape index (κ2) is 12.8. The molecule has 63 heavy (non-hydrogen) atoms.